The molecule has 2 saturated heterocycles. The van der Waals surface area contributed by atoms with Gasteiger partial charge in [-0.1, -0.05) is 0 Å². The highest BCUT2D eigenvalue weighted by Crippen LogP contribution is 2.34. The van der Waals surface area contributed by atoms with Crippen LogP contribution in [-0.2, 0) is 16.4 Å². The quantitative estimate of drug-likeness (QED) is 0.742. The first-order valence-corrected chi connectivity index (χ1v) is 11.3. The minimum Gasteiger partial charge on any atom is -0.296 e. The number of aromatic nitrogens is 4. The molecule has 2 aromatic heterocycles. The van der Waals surface area contributed by atoms with Crippen LogP contribution in [0.2, 0.25) is 0 Å². The van der Waals surface area contributed by atoms with Crippen LogP contribution in [0.15, 0.2) is 10.9 Å². The van der Waals surface area contributed by atoms with Crippen LogP contribution in [0.3, 0.4) is 0 Å². The SMILES string of the molecule is Cc1nc2nc(CN3CCN(CC4CC4)[C@@H]4CS(=O)(=O)C[C@@H]43)cc(=O)n2[nH]1. The summed E-state index contributed by atoms with van der Waals surface area (Å²) in [6, 6.07) is 1.55. The van der Waals surface area contributed by atoms with E-state index >= 15 is 0 Å². The van der Waals surface area contributed by atoms with E-state index in [0.29, 0.717) is 23.8 Å². The zero-order chi connectivity index (χ0) is 18.8. The van der Waals surface area contributed by atoms with Crippen LogP contribution in [-0.4, -0.2) is 81.0 Å². The Morgan fingerprint density at radius 3 is 2.59 bits per heavy atom. The molecule has 3 aliphatic rings. The number of nitrogens with zero attached hydrogens (tertiary/aromatic N) is 5. The molecule has 0 bridgehead atoms. The molecule has 2 aliphatic heterocycles. The predicted octanol–water partition coefficient (Wildman–Crippen LogP) is -0.581. The lowest BCUT2D eigenvalue weighted by molar-refractivity contribution is 0.0369. The fourth-order valence-electron chi connectivity index (χ4n) is 4.47. The molecule has 3 fully saturated rings. The third-order valence-corrected chi connectivity index (χ3v) is 7.65. The van der Waals surface area contributed by atoms with Gasteiger partial charge >= 0.3 is 0 Å². The van der Waals surface area contributed by atoms with E-state index in [1.807, 2.05) is 0 Å². The molecule has 0 spiro atoms. The number of aromatic amines is 1. The van der Waals surface area contributed by atoms with Crippen molar-refractivity contribution in [1.29, 1.82) is 0 Å². The summed E-state index contributed by atoms with van der Waals surface area (Å²) in [6.45, 7) is 4.94. The van der Waals surface area contributed by atoms with Gasteiger partial charge in [-0.05, 0) is 25.7 Å². The number of sulfone groups is 1. The van der Waals surface area contributed by atoms with Gasteiger partial charge in [0.2, 0.25) is 0 Å². The highest BCUT2D eigenvalue weighted by Gasteiger charge is 2.47. The molecule has 1 N–H and O–H groups in total. The molecule has 0 radical (unpaired) electrons. The van der Waals surface area contributed by atoms with Gasteiger partial charge < -0.3 is 0 Å². The number of hydrogen-bond donors (Lipinski definition) is 1. The Labute approximate surface area is 157 Å². The Kier molecular flexibility index (Phi) is 3.92. The Balaban J connectivity index is 1.41. The highest BCUT2D eigenvalue weighted by atomic mass is 32.2. The van der Waals surface area contributed by atoms with Crippen molar-refractivity contribution in [3.8, 4) is 0 Å². The molecule has 4 heterocycles. The van der Waals surface area contributed by atoms with Crippen molar-refractivity contribution in [3.05, 3.63) is 27.9 Å². The number of aryl methyl sites for hydroxylation is 1. The lowest BCUT2D eigenvalue weighted by Crippen LogP contribution is -2.59. The maximum atomic E-state index is 12.3. The van der Waals surface area contributed by atoms with Gasteiger partial charge in [-0.3, -0.25) is 19.7 Å². The summed E-state index contributed by atoms with van der Waals surface area (Å²) in [6.07, 6.45) is 2.53. The Hall–Kier alpha value is -1.78. The van der Waals surface area contributed by atoms with Gasteiger partial charge in [-0.25, -0.2) is 13.4 Å². The van der Waals surface area contributed by atoms with Gasteiger partial charge in [0.15, 0.2) is 9.84 Å². The Morgan fingerprint density at radius 1 is 1.15 bits per heavy atom. The molecular weight excluding hydrogens is 368 g/mol. The summed E-state index contributed by atoms with van der Waals surface area (Å²) >= 11 is 0. The van der Waals surface area contributed by atoms with Crippen molar-refractivity contribution < 1.29 is 8.42 Å². The molecule has 10 heteroatoms. The smallest absolute Gasteiger partial charge is 0.274 e. The molecule has 1 aliphatic carbocycles. The average molecular weight is 392 g/mol. The summed E-state index contributed by atoms with van der Waals surface area (Å²) in [4.78, 5) is 25.6. The molecule has 0 amide bonds. The lowest BCUT2D eigenvalue weighted by atomic mass is 10.0. The maximum absolute atomic E-state index is 12.3. The number of fused-ring (bicyclic) bond motifs is 2. The summed E-state index contributed by atoms with van der Waals surface area (Å²) in [5.41, 5.74) is 0.448. The minimum absolute atomic E-state index is 0.0244. The zero-order valence-electron chi connectivity index (χ0n) is 15.3. The van der Waals surface area contributed by atoms with Crippen LogP contribution in [0.5, 0.6) is 0 Å². The molecule has 0 aromatic carbocycles. The second kappa shape index (κ2) is 6.11. The topological polar surface area (TPSA) is 104 Å². The number of nitrogens with one attached hydrogen (secondary N) is 1. The van der Waals surface area contributed by atoms with E-state index in [0.717, 1.165) is 25.6 Å². The van der Waals surface area contributed by atoms with Crippen molar-refractivity contribution in [1.82, 2.24) is 29.4 Å². The van der Waals surface area contributed by atoms with E-state index in [4.69, 9.17) is 0 Å². The summed E-state index contributed by atoms with van der Waals surface area (Å²) in [5.74, 6) is 2.17. The zero-order valence-corrected chi connectivity index (χ0v) is 16.2. The van der Waals surface area contributed by atoms with E-state index < -0.39 is 9.84 Å². The molecule has 1 saturated carbocycles. The normalized spacial score (nSPS) is 28.6. The van der Waals surface area contributed by atoms with E-state index in [1.165, 1.54) is 23.4 Å². The standard InChI is InChI=1S/C17H24N6O3S/c1-11-18-17-19-13(6-16(24)23(17)20-11)8-22-5-4-21(7-12-2-3-12)14-9-27(25,26)10-15(14)22/h6,12,14-15H,2-5,7-10H2,1H3,(H,18,19,20)/t14-,15+/m1/s1. The van der Waals surface area contributed by atoms with Crippen molar-refractivity contribution in [3.63, 3.8) is 0 Å². The first-order valence-electron chi connectivity index (χ1n) is 9.52. The van der Waals surface area contributed by atoms with Crippen LogP contribution in [0.25, 0.3) is 5.78 Å². The number of piperazine rings is 1. The van der Waals surface area contributed by atoms with Crippen molar-refractivity contribution in [2.24, 2.45) is 5.92 Å². The molecule has 9 nitrogen and oxygen atoms in total. The van der Waals surface area contributed by atoms with E-state index in [-0.39, 0.29) is 29.1 Å². The van der Waals surface area contributed by atoms with Gasteiger partial charge in [0, 0.05) is 44.3 Å². The summed E-state index contributed by atoms with van der Waals surface area (Å²) < 4.78 is 26.0. The largest absolute Gasteiger partial charge is 0.296 e. The molecule has 2 aromatic rings. The predicted molar refractivity (Wildman–Crippen MR) is 99.3 cm³/mol. The average Bonchev–Trinajstić information content (AvgIpc) is 3.22. The van der Waals surface area contributed by atoms with Crippen LogP contribution in [0.4, 0.5) is 0 Å². The van der Waals surface area contributed by atoms with Gasteiger partial charge in [-0.2, -0.15) is 9.50 Å². The minimum atomic E-state index is -3.03. The third-order valence-electron chi connectivity index (χ3n) is 5.96. The van der Waals surface area contributed by atoms with Crippen molar-refractivity contribution in [2.45, 2.75) is 38.4 Å². The second-order valence-electron chi connectivity index (χ2n) is 8.15. The molecule has 5 rings (SSSR count). The molecular formula is C17H24N6O3S. The van der Waals surface area contributed by atoms with Gasteiger partial charge in [0.05, 0.1) is 17.2 Å². The van der Waals surface area contributed by atoms with Gasteiger partial charge in [0.1, 0.15) is 5.82 Å². The lowest BCUT2D eigenvalue weighted by Gasteiger charge is -2.44. The highest BCUT2D eigenvalue weighted by molar-refractivity contribution is 7.91. The monoisotopic (exact) mass is 392 g/mol. The van der Waals surface area contributed by atoms with E-state index in [1.54, 1.807) is 6.92 Å². The first kappa shape index (κ1) is 17.3. The summed E-state index contributed by atoms with van der Waals surface area (Å²) in [7, 11) is -3.03. The third kappa shape index (κ3) is 3.30. The maximum Gasteiger partial charge on any atom is 0.274 e. The van der Waals surface area contributed by atoms with Crippen molar-refractivity contribution >= 4 is 15.6 Å². The van der Waals surface area contributed by atoms with Gasteiger partial charge in [-0.15, -0.1) is 0 Å². The Bertz CT molecular complexity index is 1040. The fourth-order valence-corrected chi connectivity index (χ4v) is 6.52. The number of hydrogen-bond acceptors (Lipinski definition) is 7. The van der Waals surface area contributed by atoms with E-state index in [9.17, 15) is 13.2 Å². The van der Waals surface area contributed by atoms with Crippen LogP contribution < -0.4 is 5.56 Å². The molecule has 146 valence electrons. The molecule has 27 heavy (non-hydrogen) atoms. The number of H-pyrrole nitrogens is 1. The molecule has 0 unspecified atom stereocenters. The summed E-state index contributed by atoms with van der Waals surface area (Å²) in [5, 5.41) is 2.87. The molecule has 2 atom stereocenters. The van der Waals surface area contributed by atoms with Crippen LogP contribution in [0.1, 0.15) is 24.4 Å². The Morgan fingerprint density at radius 2 is 1.85 bits per heavy atom. The fraction of sp³-hybridized carbons (Fsp3) is 0.706. The van der Waals surface area contributed by atoms with Crippen molar-refractivity contribution in [2.75, 3.05) is 31.1 Å². The van der Waals surface area contributed by atoms with Gasteiger partial charge in [0.25, 0.3) is 11.3 Å². The first-order chi connectivity index (χ1) is 12.9. The van der Waals surface area contributed by atoms with Crippen LogP contribution >= 0.6 is 0 Å². The second-order valence-corrected chi connectivity index (χ2v) is 10.3. The number of rotatable bonds is 4. The van der Waals surface area contributed by atoms with Crippen LogP contribution in [0, 0.1) is 12.8 Å². The van der Waals surface area contributed by atoms with E-state index in [2.05, 4.69) is 24.9 Å².